The van der Waals surface area contributed by atoms with E-state index in [9.17, 15) is 14.4 Å². The van der Waals surface area contributed by atoms with Crippen molar-refractivity contribution in [3.05, 3.63) is 35.4 Å². The second-order valence-electron chi connectivity index (χ2n) is 4.16. The molecule has 2 aliphatic rings. The number of rotatable bonds is 1. The Kier molecular flexibility index (Phi) is 2.01. The van der Waals surface area contributed by atoms with Gasteiger partial charge in [-0.15, -0.1) is 0 Å². The van der Waals surface area contributed by atoms with E-state index in [2.05, 4.69) is 5.32 Å². The van der Waals surface area contributed by atoms with Crippen LogP contribution >= 0.6 is 0 Å². The first kappa shape index (κ1) is 10.0. The highest BCUT2D eigenvalue weighted by Gasteiger charge is 2.42. The summed E-state index contributed by atoms with van der Waals surface area (Å²) in [7, 11) is 0. The molecule has 1 aromatic carbocycles. The predicted molar refractivity (Wildman–Crippen MR) is 58.5 cm³/mol. The van der Waals surface area contributed by atoms with Crippen LogP contribution in [0.2, 0.25) is 0 Å². The number of ketones is 1. The van der Waals surface area contributed by atoms with Crippen molar-refractivity contribution in [1.29, 1.82) is 0 Å². The molecule has 1 saturated heterocycles. The van der Waals surface area contributed by atoms with E-state index >= 15 is 0 Å². The van der Waals surface area contributed by atoms with Crippen LogP contribution in [0.3, 0.4) is 0 Å². The summed E-state index contributed by atoms with van der Waals surface area (Å²) in [6.07, 6.45) is 0.425. The van der Waals surface area contributed by atoms with Gasteiger partial charge >= 0.3 is 6.03 Å². The molecule has 3 rings (SSSR count). The zero-order valence-corrected chi connectivity index (χ0v) is 8.97. The number of carbonyl (C=O) groups excluding carboxylic acids is 3. The van der Waals surface area contributed by atoms with E-state index in [1.165, 1.54) is 0 Å². The van der Waals surface area contributed by atoms with Crippen molar-refractivity contribution in [2.24, 2.45) is 0 Å². The predicted octanol–water partition coefficient (Wildman–Crippen LogP) is 0.346. The molecule has 17 heavy (non-hydrogen) atoms. The normalized spacial score (nSPS) is 22.9. The molecule has 3 amide bonds. The maximum Gasteiger partial charge on any atom is 0.325 e. The second-order valence-corrected chi connectivity index (χ2v) is 4.16. The van der Waals surface area contributed by atoms with E-state index in [0.29, 0.717) is 12.0 Å². The highest BCUT2D eigenvalue weighted by Crippen LogP contribution is 2.26. The van der Waals surface area contributed by atoms with Crippen LogP contribution in [0.1, 0.15) is 15.9 Å². The van der Waals surface area contributed by atoms with Crippen LogP contribution in [0, 0.1) is 0 Å². The highest BCUT2D eigenvalue weighted by atomic mass is 16.2. The number of amides is 3. The first-order valence-corrected chi connectivity index (χ1v) is 5.40. The van der Waals surface area contributed by atoms with Gasteiger partial charge in [-0.3, -0.25) is 14.5 Å². The fourth-order valence-electron chi connectivity index (χ4n) is 2.38. The summed E-state index contributed by atoms with van der Waals surface area (Å²) in [6, 6.07) is 6.08. The number of nitrogens with one attached hydrogen (secondary N) is 1. The molecule has 1 unspecified atom stereocenters. The fourth-order valence-corrected chi connectivity index (χ4v) is 2.38. The molecule has 5 heteroatoms. The zero-order chi connectivity index (χ0) is 12.0. The molecule has 0 aromatic heterocycles. The van der Waals surface area contributed by atoms with Gasteiger partial charge in [0.25, 0.3) is 5.91 Å². The third kappa shape index (κ3) is 1.35. The van der Waals surface area contributed by atoms with Crippen LogP contribution in [0.15, 0.2) is 24.3 Å². The third-order valence-electron chi connectivity index (χ3n) is 3.19. The minimum absolute atomic E-state index is 0.0149. The molecule has 5 nitrogen and oxygen atoms in total. The molecule has 0 bridgehead atoms. The number of urea groups is 1. The number of hydrogen-bond donors (Lipinski definition) is 1. The van der Waals surface area contributed by atoms with Gasteiger partial charge in [-0.2, -0.15) is 0 Å². The lowest BCUT2D eigenvalue weighted by Gasteiger charge is -2.18. The minimum atomic E-state index is -0.664. The van der Waals surface area contributed by atoms with Gasteiger partial charge in [-0.05, 0) is 5.56 Å². The molecule has 0 saturated carbocycles. The molecular weight excluding hydrogens is 220 g/mol. The molecule has 0 radical (unpaired) electrons. The largest absolute Gasteiger partial charge is 0.329 e. The van der Waals surface area contributed by atoms with Gasteiger partial charge in [-0.1, -0.05) is 24.3 Å². The molecule has 1 aliphatic carbocycles. The average molecular weight is 230 g/mol. The Balaban J connectivity index is 1.97. The van der Waals surface area contributed by atoms with Crippen LogP contribution < -0.4 is 5.32 Å². The van der Waals surface area contributed by atoms with Crippen LogP contribution in [-0.4, -0.2) is 35.2 Å². The van der Waals surface area contributed by atoms with Gasteiger partial charge in [0.2, 0.25) is 0 Å². The van der Waals surface area contributed by atoms with Crippen LogP contribution in [-0.2, 0) is 11.2 Å². The van der Waals surface area contributed by atoms with Crippen molar-refractivity contribution in [2.75, 3.05) is 6.54 Å². The molecule has 1 N–H and O–H groups in total. The summed E-state index contributed by atoms with van der Waals surface area (Å²) in [4.78, 5) is 36.2. The number of benzene rings is 1. The second kappa shape index (κ2) is 3.41. The Hall–Kier alpha value is -2.17. The van der Waals surface area contributed by atoms with E-state index in [1.54, 1.807) is 12.1 Å². The van der Waals surface area contributed by atoms with Gasteiger partial charge < -0.3 is 5.32 Å². The number of nitrogens with zero attached hydrogens (tertiary/aromatic N) is 1. The van der Waals surface area contributed by atoms with Crippen molar-refractivity contribution in [3.8, 4) is 0 Å². The summed E-state index contributed by atoms with van der Waals surface area (Å²) in [6.45, 7) is -0.0149. The Bertz CT molecular complexity index is 522. The number of imide groups is 1. The van der Waals surface area contributed by atoms with E-state index < -0.39 is 12.1 Å². The fraction of sp³-hybridized carbons (Fsp3) is 0.250. The standard InChI is InChI=1S/C12H10N2O3/c15-10-6-13-12(17)14(10)9-5-7-3-1-2-4-8(7)11(9)16/h1-4,9H,5-6H2,(H,13,17). The van der Waals surface area contributed by atoms with E-state index in [-0.39, 0.29) is 18.2 Å². The van der Waals surface area contributed by atoms with Crippen molar-refractivity contribution >= 4 is 17.7 Å². The maximum atomic E-state index is 12.1. The Morgan fingerprint density at radius 2 is 1.94 bits per heavy atom. The molecular formula is C12H10N2O3. The molecule has 1 aliphatic heterocycles. The topological polar surface area (TPSA) is 66.5 Å². The number of Topliss-reactive ketones (excluding diaryl/α,β-unsaturated/α-hetero) is 1. The van der Waals surface area contributed by atoms with Gasteiger partial charge in [0, 0.05) is 12.0 Å². The number of carbonyl (C=O) groups is 3. The Morgan fingerprint density at radius 1 is 1.18 bits per heavy atom. The number of hydrogen-bond acceptors (Lipinski definition) is 3. The molecule has 1 atom stereocenters. The lowest BCUT2D eigenvalue weighted by molar-refractivity contribution is -0.125. The smallest absolute Gasteiger partial charge is 0.325 e. The first-order valence-electron chi connectivity index (χ1n) is 5.40. The number of fused-ring (bicyclic) bond motifs is 1. The Morgan fingerprint density at radius 3 is 2.59 bits per heavy atom. The van der Waals surface area contributed by atoms with Crippen molar-refractivity contribution in [2.45, 2.75) is 12.5 Å². The maximum absolute atomic E-state index is 12.1. The highest BCUT2D eigenvalue weighted by molar-refractivity contribution is 6.11. The van der Waals surface area contributed by atoms with Crippen molar-refractivity contribution in [3.63, 3.8) is 0 Å². The quantitative estimate of drug-likeness (QED) is 0.708. The van der Waals surface area contributed by atoms with Crippen molar-refractivity contribution in [1.82, 2.24) is 10.2 Å². The zero-order valence-electron chi connectivity index (χ0n) is 8.97. The molecule has 1 fully saturated rings. The third-order valence-corrected chi connectivity index (χ3v) is 3.19. The summed E-state index contributed by atoms with van der Waals surface area (Å²) < 4.78 is 0. The van der Waals surface area contributed by atoms with E-state index in [4.69, 9.17) is 0 Å². The van der Waals surface area contributed by atoms with Crippen molar-refractivity contribution < 1.29 is 14.4 Å². The van der Waals surface area contributed by atoms with E-state index in [1.807, 2.05) is 12.1 Å². The SMILES string of the molecule is O=C1c2ccccc2CC1N1C(=O)CNC1=O. The lowest BCUT2D eigenvalue weighted by atomic mass is 10.1. The molecule has 0 spiro atoms. The molecule has 86 valence electrons. The van der Waals surface area contributed by atoms with Crippen LogP contribution in [0.4, 0.5) is 4.79 Å². The van der Waals surface area contributed by atoms with Gasteiger partial charge in [0.1, 0.15) is 6.04 Å². The summed E-state index contributed by atoms with van der Waals surface area (Å²) >= 11 is 0. The lowest BCUT2D eigenvalue weighted by Crippen LogP contribution is -2.44. The monoisotopic (exact) mass is 230 g/mol. The van der Waals surface area contributed by atoms with E-state index in [0.717, 1.165) is 10.5 Å². The molecule has 1 heterocycles. The minimum Gasteiger partial charge on any atom is -0.329 e. The molecule has 1 aromatic rings. The first-order chi connectivity index (χ1) is 8.18. The van der Waals surface area contributed by atoms with Crippen LogP contribution in [0.5, 0.6) is 0 Å². The van der Waals surface area contributed by atoms with Gasteiger partial charge in [0.15, 0.2) is 5.78 Å². The van der Waals surface area contributed by atoms with Gasteiger partial charge in [0.05, 0.1) is 6.54 Å². The average Bonchev–Trinajstić information content (AvgIpc) is 2.82. The Labute approximate surface area is 97.4 Å². The van der Waals surface area contributed by atoms with Gasteiger partial charge in [-0.25, -0.2) is 4.79 Å². The van der Waals surface area contributed by atoms with Crippen LogP contribution in [0.25, 0.3) is 0 Å². The summed E-state index contributed by atoms with van der Waals surface area (Å²) in [5.74, 6) is -0.479. The summed E-state index contributed by atoms with van der Waals surface area (Å²) in [5, 5.41) is 2.43. The summed E-state index contributed by atoms with van der Waals surface area (Å²) in [5.41, 5.74) is 1.51.